The smallest absolute Gasteiger partial charge is 0.179 e. The molecule has 2 nitrogen and oxygen atoms in total. The molecule has 16 rings (SSSR count). The summed E-state index contributed by atoms with van der Waals surface area (Å²) >= 11 is 0. The first-order valence-corrected chi connectivity index (χ1v) is 34.9. The lowest BCUT2D eigenvalue weighted by Gasteiger charge is -2.48. The van der Waals surface area contributed by atoms with Crippen molar-refractivity contribution in [1.29, 1.82) is 0 Å². The molecule has 0 saturated carbocycles. The third kappa shape index (κ3) is 7.19. The summed E-state index contributed by atoms with van der Waals surface area (Å²) < 4.78 is 5.05. The molecule has 3 heterocycles. The van der Waals surface area contributed by atoms with Crippen molar-refractivity contribution in [2.45, 2.75) is 0 Å². The Hall–Kier alpha value is -9.89. The average molecular weight is 1110 g/mol. The topological polar surface area (TPSA) is 9.86 Å². The van der Waals surface area contributed by atoms with Crippen molar-refractivity contribution in [2.75, 3.05) is 0 Å². The summed E-state index contributed by atoms with van der Waals surface area (Å²) in [6, 6.07) is 130. The zero-order chi connectivity index (χ0) is 55.0. The van der Waals surface area contributed by atoms with E-state index in [1.807, 2.05) is 0 Å². The van der Waals surface area contributed by atoms with Gasteiger partial charge in [0.05, 0.1) is 22.1 Å². The maximum Gasteiger partial charge on any atom is 0.179 e. The van der Waals surface area contributed by atoms with Crippen LogP contribution >= 0.6 is 0 Å². The Kier molecular flexibility index (Phi) is 11.6. The van der Waals surface area contributed by atoms with Crippen LogP contribution in [-0.2, 0) is 0 Å². The summed E-state index contributed by atoms with van der Waals surface area (Å²) in [6.07, 6.45) is 0. The molecule has 0 aliphatic carbocycles. The second kappa shape index (κ2) is 19.7. The van der Waals surface area contributed by atoms with Crippen LogP contribution in [0.4, 0.5) is 0 Å². The highest BCUT2D eigenvalue weighted by atomic mass is 28.3. The number of fused-ring (bicyclic) bond motifs is 8. The van der Waals surface area contributed by atoms with E-state index in [4.69, 9.17) is 0 Å². The Morgan fingerprint density at radius 2 is 0.506 bits per heavy atom. The molecule has 13 aromatic carbocycles. The predicted molar refractivity (Wildman–Crippen MR) is 360 cm³/mol. The van der Waals surface area contributed by atoms with E-state index < -0.39 is 24.2 Å². The third-order valence-electron chi connectivity index (χ3n) is 18.3. The van der Waals surface area contributed by atoms with E-state index in [0.29, 0.717) is 0 Å². The van der Waals surface area contributed by atoms with Gasteiger partial charge in [-0.15, -0.1) is 0 Å². The highest BCUT2D eigenvalue weighted by Crippen LogP contribution is 2.37. The lowest BCUT2D eigenvalue weighted by Crippen LogP contribution is -2.93. The number of hydrogen-bond donors (Lipinski definition) is 0. The van der Waals surface area contributed by atoms with E-state index in [2.05, 4.69) is 349 Å². The quantitative estimate of drug-likeness (QED) is 0.0954. The van der Waals surface area contributed by atoms with Crippen LogP contribution in [-0.4, -0.2) is 33.4 Å². The maximum absolute atomic E-state index is 3.10. The number of nitrogens with zero attached hydrogens (tertiary/aromatic N) is 2. The van der Waals surface area contributed by atoms with Gasteiger partial charge in [0.15, 0.2) is 24.2 Å². The monoisotopic (exact) mass is 1100 g/mol. The summed E-state index contributed by atoms with van der Waals surface area (Å²) in [5.74, 6) is 0. The summed E-state index contributed by atoms with van der Waals surface area (Å²) in [5, 5.41) is 21.9. The first-order valence-electron chi connectivity index (χ1n) is 28.9. The molecule has 1 aliphatic heterocycles. The Labute approximate surface area is 487 Å². The molecule has 0 spiro atoms. The van der Waals surface area contributed by atoms with Gasteiger partial charge in [0.1, 0.15) is 0 Å². The van der Waals surface area contributed by atoms with Crippen molar-refractivity contribution in [1.82, 2.24) is 9.13 Å². The number of para-hydroxylation sites is 2. The Balaban J connectivity index is 0.930. The molecule has 0 radical (unpaired) electrons. The fraction of sp³-hybridized carbons (Fsp3) is 0. The predicted octanol–water partition coefficient (Wildman–Crippen LogP) is 10.3. The second-order valence-corrected chi connectivity index (χ2v) is 33.5. The van der Waals surface area contributed by atoms with Crippen LogP contribution < -0.4 is 62.2 Å². The normalized spacial score (nSPS) is 13.5. The van der Waals surface area contributed by atoms with Gasteiger partial charge < -0.3 is 9.13 Å². The Morgan fingerprint density at radius 3 is 0.940 bits per heavy atom. The highest BCUT2D eigenvalue weighted by molar-refractivity contribution is 7.33. The van der Waals surface area contributed by atoms with Gasteiger partial charge in [-0.1, -0.05) is 297 Å². The number of hydrogen-bond acceptors (Lipinski definition) is 0. The Morgan fingerprint density at radius 1 is 0.205 bits per heavy atom. The van der Waals surface area contributed by atoms with Crippen LogP contribution in [0.3, 0.4) is 0 Å². The fourth-order valence-electron chi connectivity index (χ4n) is 15.0. The van der Waals surface area contributed by atoms with Gasteiger partial charge in [-0.25, -0.2) is 0 Å². The highest BCUT2D eigenvalue weighted by Gasteiger charge is 2.56. The molecule has 0 atom stereocenters. The van der Waals surface area contributed by atoms with Crippen molar-refractivity contribution < 1.29 is 0 Å². The summed E-state index contributed by atoms with van der Waals surface area (Å²) in [5.41, 5.74) is 7.02. The number of benzene rings is 13. The first kappa shape index (κ1) is 49.0. The van der Waals surface area contributed by atoms with Gasteiger partial charge in [-0.05, 0) is 105 Å². The van der Waals surface area contributed by atoms with E-state index >= 15 is 0 Å². The molecule has 2 aromatic heterocycles. The number of rotatable bonds is 10. The zero-order valence-electron chi connectivity index (χ0n) is 45.7. The van der Waals surface area contributed by atoms with Crippen LogP contribution in [0.1, 0.15) is 0 Å². The van der Waals surface area contributed by atoms with Crippen LogP contribution in [0.5, 0.6) is 0 Å². The van der Waals surface area contributed by atoms with Crippen molar-refractivity contribution in [2.24, 2.45) is 0 Å². The fourth-order valence-corrected chi connectivity index (χ4v) is 31.8. The molecule has 0 saturated heterocycles. The van der Waals surface area contributed by atoms with E-state index in [1.54, 1.807) is 0 Å². The number of aromatic nitrogens is 2. The van der Waals surface area contributed by atoms with Gasteiger partial charge in [0, 0.05) is 32.9 Å². The van der Waals surface area contributed by atoms with Crippen molar-refractivity contribution in [3.05, 3.63) is 340 Å². The van der Waals surface area contributed by atoms with Crippen molar-refractivity contribution >= 4 is 130 Å². The molecule has 15 aromatic rings. The molecule has 0 fully saturated rings. The summed E-state index contributed by atoms with van der Waals surface area (Å²) in [4.78, 5) is 0. The molecular weight excluding hydrogens is 1050 g/mol. The van der Waals surface area contributed by atoms with Crippen LogP contribution in [0, 0.1) is 0 Å². The molecule has 83 heavy (non-hydrogen) atoms. The zero-order valence-corrected chi connectivity index (χ0v) is 48.7. The molecular formula is C78H56N2Si3. The molecule has 390 valence electrons. The standard InChI is InChI=1S/C78H56N2Si3/c1-7-27-59(28-8-1)81(60-29-9-2-10-30-60,61-31-11-3-12-32-61)65-50-47-57(48-51-65)79-71-41-21-19-39-67(71)69-53-49-58(55-73(69)79)80-72-42-22-20-40-68(72)70-54-52-66(56-74(70)80)83(64-37-17-6-18-38-64)77-45-25-23-43-75(77)82(62-33-13-4-14-34-62,63-35-15-5-16-36-63)76-44-24-26-46-78(76)83/h1-56H. The van der Waals surface area contributed by atoms with Gasteiger partial charge >= 0.3 is 0 Å². The molecule has 0 amide bonds. The van der Waals surface area contributed by atoms with E-state index in [-0.39, 0.29) is 0 Å². The average Bonchev–Trinajstić information content (AvgIpc) is 1.35. The summed E-state index contributed by atoms with van der Waals surface area (Å²) in [7, 11) is -8.73. The molecule has 0 bridgehead atoms. The molecule has 0 unspecified atom stereocenters. The van der Waals surface area contributed by atoms with Gasteiger partial charge in [0.25, 0.3) is 0 Å². The lowest BCUT2D eigenvalue weighted by atomic mass is 10.1. The Bertz CT molecular complexity index is 4700. The second-order valence-electron chi connectivity index (χ2n) is 22.2. The van der Waals surface area contributed by atoms with Crippen LogP contribution in [0.25, 0.3) is 55.0 Å². The van der Waals surface area contributed by atoms with Gasteiger partial charge in [-0.3, -0.25) is 0 Å². The summed E-state index contributed by atoms with van der Waals surface area (Å²) in [6.45, 7) is 0. The minimum absolute atomic E-state index is 1.13. The molecule has 0 N–H and O–H groups in total. The van der Waals surface area contributed by atoms with Crippen LogP contribution in [0.2, 0.25) is 0 Å². The van der Waals surface area contributed by atoms with E-state index in [9.17, 15) is 0 Å². The SMILES string of the molecule is c1ccc([Si](c2ccccc2)(c2ccccc2)c2ccc(-n3c4ccccc4c4ccc(-n5c6ccccc6c6ccc([Si]7(c8ccccc8)c8ccccc8[Si](c8ccccc8)(c8ccccc8)c8ccccc87)cc65)cc43)cc2)cc1. The maximum atomic E-state index is 2.60. The first-order chi connectivity index (χ1) is 41.2. The van der Waals surface area contributed by atoms with E-state index in [0.717, 1.165) is 11.4 Å². The minimum atomic E-state index is -3.10. The minimum Gasteiger partial charge on any atom is -0.309 e. The largest absolute Gasteiger partial charge is 0.309 e. The van der Waals surface area contributed by atoms with Gasteiger partial charge in [-0.2, -0.15) is 0 Å². The van der Waals surface area contributed by atoms with E-state index in [1.165, 1.54) is 106 Å². The lowest BCUT2D eigenvalue weighted by molar-refractivity contribution is 1.16. The molecule has 5 heteroatoms. The third-order valence-corrected chi connectivity index (χ3v) is 33.3. The van der Waals surface area contributed by atoms with Gasteiger partial charge in [0.2, 0.25) is 0 Å². The van der Waals surface area contributed by atoms with Crippen LogP contribution in [0.15, 0.2) is 340 Å². The van der Waals surface area contributed by atoms with Crippen molar-refractivity contribution in [3.8, 4) is 11.4 Å². The molecule has 1 aliphatic rings. The van der Waals surface area contributed by atoms with Crippen molar-refractivity contribution in [3.63, 3.8) is 0 Å².